The van der Waals surface area contributed by atoms with E-state index in [1.165, 1.54) is 0 Å². The van der Waals surface area contributed by atoms with Gasteiger partial charge in [0.25, 0.3) is 0 Å². The van der Waals surface area contributed by atoms with Crippen molar-refractivity contribution < 1.29 is 4.79 Å². The van der Waals surface area contributed by atoms with Crippen molar-refractivity contribution in [3.05, 3.63) is 0 Å². The molecule has 2 aliphatic rings. The Balaban J connectivity index is 1.94. The van der Waals surface area contributed by atoms with E-state index in [4.69, 9.17) is 5.73 Å². The molecule has 0 aromatic carbocycles. The van der Waals surface area contributed by atoms with Gasteiger partial charge in [0.2, 0.25) is 5.91 Å². The number of nitrogens with zero attached hydrogens (tertiary/aromatic N) is 2. The average molecular weight is 239 g/mol. The van der Waals surface area contributed by atoms with Crippen molar-refractivity contribution in [2.45, 2.75) is 32.2 Å². The van der Waals surface area contributed by atoms with Crippen LogP contribution in [0, 0.1) is 11.8 Å². The maximum atomic E-state index is 12.5. The molecule has 1 heterocycles. The van der Waals surface area contributed by atoms with Crippen molar-refractivity contribution >= 4 is 5.91 Å². The monoisotopic (exact) mass is 239 g/mol. The second-order valence-electron chi connectivity index (χ2n) is 5.69. The third-order valence-corrected chi connectivity index (χ3v) is 4.49. The van der Waals surface area contributed by atoms with Crippen LogP contribution in [0.1, 0.15) is 26.2 Å². The maximum absolute atomic E-state index is 12.5. The molecule has 1 aliphatic heterocycles. The van der Waals surface area contributed by atoms with E-state index in [1.807, 2.05) is 4.90 Å². The van der Waals surface area contributed by atoms with Crippen molar-refractivity contribution in [2.75, 3.05) is 33.2 Å². The summed E-state index contributed by atoms with van der Waals surface area (Å²) in [5.74, 6) is 0.860. The average Bonchev–Trinajstić information content (AvgIpc) is 2.33. The van der Waals surface area contributed by atoms with Gasteiger partial charge in [0, 0.05) is 38.1 Å². The number of carbonyl (C=O) groups excluding carboxylic acids is 1. The smallest absolute Gasteiger partial charge is 0.226 e. The molecule has 98 valence electrons. The lowest BCUT2D eigenvalue weighted by atomic mass is 9.76. The SMILES string of the molecule is CC1C(N)CCCC1C(=O)N1CCN(C)CC1. The Morgan fingerprint density at radius 1 is 1.18 bits per heavy atom. The van der Waals surface area contributed by atoms with Gasteiger partial charge in [-0.3, -0.25) is 4.79 Å². The Morgan fingerprint density at radius 3 is 2.47 bits per heavy atom. The van der Waals surface area contributed by atoms with E-state index in [2.05, 4.69) is 18.9 Å². The quantitative estimate of drug-likeness (QED) is 0.726. The van der Waals surface area contributed by atoms with Crippen LogP contribution < -0.4 is 5.73 Å². The number of piperazine rings is 1. The van der Waals surface area contributed by atoms with Gasteiger partial charge in [-0.15, -0.1) is 0 Å². The molecule has 2 rings (SSSR count). The predicted octanol–water partition coefficient (Wildman–Crippen LogP) is 0.524. The van der Waals surface area contributed by atoms with E-state index in [9.17, 15) is 4.79 Å². The molecule has 2 N–H and O–H groups in total. The van der Waals surface area contributed by atoms with Crippen LogP contribution in [0.3, 0.4) is 0 Å². The van der Waals surface area contributed by atoms with E-state index in [-0.39, 0.29) is 12.0 Å². The zero-order valence-corrected chi connectivity index (χ0v) is 11.1. The molecule has 0 spiro atoms. The lowest BCUT2D eigenvalue weighted by Gasteiger charge is -2.39. The van der Waals surface area contributed by atoms with E-state index in [1.54, 1.807) is 0 Å². The number of likely N-dealkylation sites (N-methyl/N-ethyl adjacent to an activating group) is 1. The topological polar surface area (TPSA) is 49.6 Å². The Labute approximate surface area is 104 Å². The highest BCUT2D eigenvalue weighted by Gasteiger charge is 2.35. The van der Waals surface area contributed by atoms with Crippen LogP contribution in [0.2, 0.25) is 0 Å². The molecule has 3 atom stereocenters. The molecule has 0 aromatic heterocycles. The Kier molecular flexibility index (Phi) is 4.05. The van der Waals surface area contributed by atoms with Gasteiger partial charge in [-0.1, -0.05) is 13.3 Å². The van der Waals surface area contributed by atoms with E-state index >= 15 is 0 Å². The molecule has 17 heavy (non-hydrogen) atoms. The highest BCUT2D eigenvalue weighted by molar-refractivity contribution is 5.79. The van der Waals surface area contributed by atoms with Gasteiger partial charge in [-0.05, 0) is 25.8 Å². The fraction of sp³-hybridized carbons (Fsp3) is 0.923. The first-order chi connectivity index (χ1) is 8.09. The maximum Gasteiger partial charge on any atom is 0.226 e. The molecule has 1 amide bonds. The first-order valence-corrected chi connectivity index (χ1v) is 6.82. The molecular formula is C13H25N3O. The Morgan fingerprint density at radius 2 is 1.82 bits per heavy atom. The molecule has 1 saturated carbocycles. The molecule has 1 aliphatic carbocycles. The minimum absolute atomic E-state index is 0.169. The Bertz CT molecular complexity index is 274. The first-order valence-electron chi connectivity index (χ1n) is 6.82. The van der Waals surface area contributed by atoms with Crippen molar-refractivity contribution in [3.63, 3.8) is 0 Å². The zero-order chi connectivity index (χ0) is 12.4. The van der Waals surface area contributed by atoms with Crippen LogP contribution in [0.15, 0.2) is 0 Å². The third kappa shape index (κ3) is 2.80. The van der Waals surface area contributed by atoms with E-state index in [0.717, 1.165) is 45.4 Å². The lowest BCUT2D eigenvalue weighted by molar-refractivity contribution is -0.140. The molecule has 2 fully saturated rings. The number of hydrogen-bond donors (Lipinski definition) is 1. The van der Waals surface area contributed by atoms with Crippen LogP contribution in [0.4, 0.5) is 0 Å². The lowest BCUT2D eigenvalue weighted by Crippen LogP contribution is -2.52. The van der Waals surface area contributed by atoms with Crippen LogP contribution in [-0.2, 0) is 4.79 Å². The number of amides is 1. The minimum Gasteiger partial charge on any atom is -0.340 e. The molecule has 0 aromatic rings. The Hall–Kier alpha value is -0.610. The fourth-order valence-corrected chi connectivity index (χ4v) is 3.01. The molecule has 0 radical (unpaired) electrons. The van der Waals surface area contributed by atoms with Crippen molar-refractivity contribution in [3.8, 4) is 0 Å². The largest absolute Gasteiger partial charge is 0.340 e. The van der Waals surface area contributed by atoms with Crippen LogP contribution >= 0.6 is 0 Å². The van der Waals surface area contributed by atoms with E-state index < -0.39 is 0 Å². The van der Waals surface area contributed by atoms with Gasteiger partial charge in [0.05, 0.1) is 0 Å². The first kappa shape index (κ1) is 12.8. The number of nitrogens with two attached hydrogens (primary N) is 1. The van der Waals surface area contributed by atoms with Crippen molar-refractivity contribution in [1.82, 2.24) is 9.80 Å². The van der Waals surface area contributed by atoms with Crippen LogP contribution in [0.25, 0.3) is 0 Å². The normalized spacial score (nSPS) is 35.9. The van der Waals surface area contributed by atoms with Crippen LogP contribution in [0.5, 0.6) is 0 Å². The van der Waals surface area contributed by atoms with Gasteiger partial charge in [-0.2, -0.15) is 0 Å². The molecule has 0 bridgehead atoms. The second-order valence-corrected chi connectivity index (χ2v) is 5.69. The van der Waals surface area contributed by atoms with Crippen LogP contribution in [-0.4, -0.2) is 55.0 Å². The molecule has 4 heteroatoms. The molecule has 1 saturated heterocycles. The number of rotatable bonds is 1. The summed E-state index contributed by atoms with van der Waals surface area (Å²) in [7, 11) is 2.11. The van der Waals surface area contributed by atoms with Gasteiger partial charge in [0.15, 0.2) is 0 Å². The summed E-state index contributed by atoms with van der Waals surface area (Å²) in [6, 6.07) is 0.213. The van der Waals surface area contributed by atoms with Gasteiger partial charge < -0.3 is 15.5 Å². The summed E-state index contributed by atoms with van der Waals surface area (Å²) < 4.78 is 0. The summed E-state index contributed by atoms with van der Waals surface area (Å²) >= 11 is 0. The van der Waals surface area contributed by atoms with Crippen molar-refractivity contribution in [2.24, 2.45) is 17.6 Å². The van der Waals surface area contributed by atoms with Gasteiger partial charge in [-0.25, -0.2) is 0 Å². The van der Waals surface area contributed by atoms with Gasteiger partial charge in [0.1, 0.15) is 0 Å². The summed E-state index contributed by atoms with van der Waals surface area (Å²) in [4.78, 5) is 16.8. The summed E-state index contributed by atoms with van der Waals surface area (Å²) in [6.07, 6.45) is 3.21. The molecule has 3 unspecified atom stereocenters. The summed E-state index contributed by atoms with van der Waals surface area (Å²) in [5.41, 5.74) is 6.08. The standard InChI is InChI=1S/C13H25N3O/c1-10-11(4-3-5-12(10)14)13(17)16-8-6-15(2)7-9-16/h10-12H,3-9,14H2,1-2H3. The number of carbonyl (C=O) groups is 1. The summed E-state index contributed by atoms with van der Waals surface area (Å²) in [5, 5.41) is 0. The molecule has 4 nitrogen and oxygen atoms in total. The second kappa shape index (κ2) is 5.36. The fourth-order valence-electron chi connectivity index (χ4n) is 3.01. The van der Waals surface area contributed by atoms with E-state index in [0.29, 0.717) is 11.8 Å². The predicted molar refractivity (Wildman–Crippen MR) is 68.6 cm³/mol. The zero-order valence-electron chi connectivity index (χ0n) is 11.1. The summed E-state index contributed by atoms with van der Waals surface area (Å²) in [6.45, 7) is 5.90. The minimum atomic E-state index is 0.169. The highest BCUT2D eigenvalue weighted by atomic mass is 16.2. The van der Waals surface area contributed by atoms with Crippen molar-refractivity contribution in [1.29, 1.82) is 0 Å². The molecular weight excluding hydrogens is 214 g/mol. The van der Waals surface area contributed by atoms with Gasteiger partial charge >= 0.3 is 0 Å². The number of hydrogen-bond acceptors (Lipinski definition) is 3. The highest BCUT2D eigenvalue weighted by Crippen LogP contribution is 2.30. The third-order valence-electron chi connectivity index (χ3n) is 4.49.